The highest BCUT2D eigenvalue weighted by Crippen LogP contribution is 2.05. The molecule has 0 saturated heterocycles. The summed E-state index contributed by atoms with van der Waals surface area (Å²) in [4.78, 5) is 14.7. The SMILES string of the molecule is Cn1nccc1CCNc1ccc(C(=O)O)cn1. The van der Waals surface area contributed by atoms with Crippen molar-refractivity contribution >= 4 is 11.8 Å². The molecule has 2 aromatic rings. The second-order valence-corrected chi connectivity index (χ2v) is 3.86. The number of carbonyl (C=O) groups is 1. The zero-order valence-corrected chi connectivity index (χ0v) is 10.00. The molecule has 6 nitrogen and oxygen atoms in total. The smallest absolute Gasteiger partial charge is 0.337 e. The van der Waals surface area contributed by atoms with Crippen LogP contribution in [-0.2, 0) is 13.5 Å². The molecule has 94 valence electrons. The molecular weight excluding hydrogens is 232 g/mol. The first-order chi connectivity index (χ1) is 8.66. The van der Waals surface area contributed by atoms with Crippen LogP contribution in [0.25, 0.3) is 0 Å². The van der Waals surface area contributed by atoms with E-state index in [1.54, 1.807) is 12.3 Å². The average molecular weight is 246 g/mol. The Morgan fingerprint density at radius 1 is 1.44 bits per heavy atom. The summed E-state index contributed by atoms with van der Waals surface area (Å²) in [6.45, 7) is 0.721. The van der Waals surface area contributed by atoms with Gasteiger partial charge in [0.2, 0.25) is 0 Å². The minimum Gasteiger partial charge on any atom is -0.478 e. The molecule has 0 amide bonds. The molecule has 2 N–H and O–H groups in total. The molecular formula is C12H14N4O2. The van der Waals surface area contributed by atoms with E-state index in [4.69, 9.17) is 5.11 Å². The van der Waals surface area contributed by atoms with Crippen LogP contribution in [0.1, 0.15) is 16.1 Å². The fraction of sp³-hybridized carbons (Fsp3) is 0.250. The maximum Gasteiger partial charge on any atom is 0.337 e. The molecule has 6 heteroatoms. The predicted molar refractivity (Wildman–Crippen MR) is 66.6 cm³/mol. The summed E-state index contributed by atoms with van der Waals surface area (Å²) in [5.74, 6) is -0.300. The van der Waals surface area contributed by atoms with Crippen molar-refractivity contribution in [1.82, 2.24) is 14.8 Å². The number of hydrogen-bond acceptors (Lipinski definition) is 4. The molecule has 0 radical (unpaired) electrons. The van der Waals surface area contributed by atoms with E-state index in [9.17, 15) is 4.79 Å². The number of nitrogens with one attached hydrogen (secondary N) is 1. The number of aromatic nitrogens is 3. The van der Waals surface area contributed by atoms with Crippen molar-refractivity contribution in [3.63, 3.8) is 0 Å². The maximum absolute atomic E-state index is 10.6. The van der Waals surface area contributed by atoms with Gasteiger partial charge in [0.15, 0.2) is 0 Å². The molecule has 2 heterocycles. The molecule has 0 atom stereocenters. The van der Waals surface area contributed by atoms with Crippen molar-refractivity contribution < 1.29 is 9.90 Å². The summed E-state index contributed by atoms with van der Waals surface area (Å²) in [6.07, 6.45) is 3.93. The third-order valence-corrected chi connectivity index (χ3v) is 2.62. The number of carboxylic acids is 1. The zero-order valence-electron chi connectivity index (χ0n) is 10.00. The maximum atomic E-state index is 10.6. The number of rotatable bonds is 5. The van der Waals surface area contributed by atoms with Crippen LogP contribution in [0.5, 0.6) is 0 Å². The number of hydrogen-bond donors (Lipinski definition) is 2. The van der Waals surface area contributed by atoms with Crippen molar-refractivity contribution in [2.24, 2.45) is 7.05 Å². The molecule has 0 spiro atoms. The summed E-state index contributed by atoms with van der Waals surface area (Å²) >= 11 is 0. The lowest BCUT2D eigenvalue weighted by Gasteiger charge is -2.05. The fourth-order valence-electron chi connectivity index (χ4n) is 1.59. The van der Waals surface area contributed by atoms with Crippen LogP contribution in [0.2, 0.25) is 0 Å². The number of aromatic carboxylic acids is 1. The van der Waals surface area contributed by atoms with Gasteiger partial charge in [0, 0.05) is 38.1 Å². The summed E-state index contributed by atoms with van der Waals surface area (Å²) in [6, 6.07) is 5.15. The lowest BCUT2D eigenvalue weighted by molar-refractivity contribution is 0.0696. The van der Waals surface area contributed by atoms with Gasteiger partial charge in [-0.15, -0.1) is 0 Å². The standard InChI is InChI=1S/C12H14N4O2/c1-16-10(5-7-15-16)4-6-13-11-3-2-9(8-14-11)12(17)18/h2-3,5,7-8H,4,6H2,1H3,(H,13,14)(H,17,18). The van der Waals surface area contributed by atoms with Crippen molar-refractivity contribution in [3.8, 4) is 0 Å². The summed E-state index contributed by atoms with van der Waals surface area (Å²) in [5, 5.41) is 15.9. The first-order valence-corrected chi connectivity index (χ1v) is 5.57. The predicted octanol–water partition coefficient (Wildman–Crippen LogP) is 1.17. The minimum atomic E-state index is -0.969. The lowest BCUT2D eigenvalue weighted by atomic mass is 10.3. The second-order valence-electron chi connectivity index (χ2n) is 3.86. The van der Waals surface area contributed by atoms with E-state index in [-0.39, 0.29) is 5.56 Å². The van der Waals surface area contributed by atoms with Gasteiger partial charge in [-0.25, -0.2) is 9.78 Å². The third kappa shape index (κ3) is 2.85. The van der Waals surface area contributed by atoms with Gasteiger partial charge in [-0.1, -0.05) is 0 Å². The van der Waals surface area contributed by atoms with Gasteiger partial charge in [0.05, 0.1) is 5.56 Å². The Labute approximate surface area is 104 Å². The summed E-state index contributed by atoms with van der Waals surface area (Å²) in [5.41, 5.74) is 1.32. The van der Waals surface area contributed by atoms with Gasteiger partial charge in [-0.2, -0.15) is 5.10 Å². The molecule has 0 bridgehead atoms. The Morgan fingerprint density at radius 3 is 2.83 bits per heavy atom. The molecule has 0 aliphatic carbocycles. The monoisotopic (exact) mass is 246 g/mol. The molecule has 2 aromatic heterocycles. The van der Waals surface area contributed by atoms with Crippen LogP contribution in [0.15, 0.2) is 30.6 Å². The van der Waals surface area contributed by atoms with Crippen molar-refractivity contribution in [3.05, 3.63) is 41.9 Å². The average Bonchev–Trinajstić information content (AvgIpc) is 2.76. The van der Waals surface area contributed by atoms with E-state index in [2.05, 4.69) is 15.4 Å². The van der Waals surface area contributed by atoms with E-state index >= 15 is 0 Å². The Morgan fingerprint density at radius 2 is 2.28 bits per heavy atom. The molecule has 0 unspecified atom stereocenters. The van der Waals surface area contributed by atoms with Crippen molar-refractivity contribution in [1.29, 1.82) is 0 Å². The highest BCUT2D eigenvalue weighted by molar-refractivity contribution is 5.87. The van der Waals surface area contributed by atoms with Crippen LogP contribution >= 0.6 is 0 Å². The lowest BCUT2D eigenvalue weighted by Crippen LogP contribution is -2.09. The van der Waals surface area contributed by atoms with E-state index in [1.165, 1.54) is 12.3 Å². The van der Waals surface area contributed by atoms with Crippen LogP contribution in [0, 0.1) is 0 Å². The summed E-state index contributed by atoms with van der Waals surface area (Å²) in [7, 11) is 1.90. The largest absolute Gasteiger partial charge is 0.478 e. The number of nitrogens with zero attached hydrogens (tertiary/aromatic N) is 3. The van der Waals surface area contributed by atoms with E-state index < -0.39 is 5.97 Å². The quantitative estimate of drug-likeness (QED) is 0.827. The zero-order chi connectivity index (χ0) is 13.0. The van der Waals surface area contributed by atoms with Crippen molar-refractivity contribution in [2.75, 3.05) is 11.9 Å². The van der Waals surface area contributed by atoms with Gasteiger partial charge >= 0.3 is 5.97 Å². The second kappa shape index (κ2) is 5.31. The summed E-state index contributed by atoms with van der Waals surface area (Å²) < 4.78 is 1.82. The normalized spacial score (nSPS) is 10.3. The Bertz CT molecular complexity index is 533. The topological polar surface area (TPSA) is 80.0 Å². The molecule has 2 rings (SSSR count). The Kier molecular flexibility index (Phi) is 3.57. The molecule has 18 heavy (non-hydrogen) atoms. The Hall–Kier alpha value is -2.37. The molecule has 0 aliphatic rings. The fourth-order valence-corrected chi connectivity index (χ4v) is 1.59. The third-order valence-electron chi connectivity index (χ3n) is 2.62. The van der Waals surface area contributed by atoms with Crippen LogP contribution < -0.4 is 5.32 Å². The molecule has 0 saturated carbocycles. The van der Waals surface area contributed by atoms with Crippen LogP contribution in [-0.4, -0.2) is 32.4 Å². The van der Waals surface area contributed by atoms with Gasteiger partial charge in [0.1, 0.15) is 5.82 Å². The van der Waals surface area contributed by atoms with Crippen molar-refractivity contribution in [2.45, 2.75) is 6.42 Å². The highest BCUT2D eigenvalue weighted by Gasteiger charge is 2.03. The number of anilines is 1. The number of carboxylic acid groups (broad SMARTS) is 1. The molecule has 0 aliphatic heterocycles. The first-order valence-electron chi connectivity index (χ1n) is 5.57. The number of pyridine rings is 1. The molecule has 0 fully saturated rings. The van der Waals surface area contributed by atoms with Gasteiger partial charge < -0.3 is 10.4 Å². The van der Waals surface area contributed by atoms with E-state index in [1.807, 2.05) is 17.8 Å². The van der Waals surface area contributed by atoms with Crippen LogP contribution in [0.4, 0.5) is 5.82 Å². The highest BCUT2D eigenvalue weighted by atomic mass is 16.4. The van der Waals surface area contributed by atoms with Gasteiger partial charge in [0.25, 0.3) is 0 Å². The van der Waals surface area contributed by atoms with Gasteiger partial charge in [-0.05, 0) is 18.2 Å². The minimum absolute atomic E-state index is 0.187. The first kappa shape index (κ1) is 12.1. The number of aryl methyl sites for hydroxylation is 1. The van der Waals surface area contributed by atoms with E-state index in [0.29, 0.717) is 5.82 Å². The Balaban J connectivity index is 1.87. The molecule has 0 aromatic carbocycles. The van der Waals surface area contributed by atoms with Gasteiger partial charge in [-0.3, -0.25) is 4.68 Å². The van der Waals surface area contributed by atoms with Crippen LogP contribution in [0.3, 0.4) is 0 Å². The van der Waals surface area contributed by atoms with E-state index in [0.717, 1.165) is 18.7 Å².